The summed E-state index contributed by atoms with van der Waals surface area (Å²) in [6.07, 6.45) is -1.16. The molecule has 0 aliphatic heterocycles. The van der Waals surface area contributed by atoms with Crippen LogP contribution in [-0.4, -0.2) is 40.8 Å². The fourth-order valence-electron chi connectivity index (χ4n) is 4.25. The molecule has 180 valence electrons. The minimum absolute atomic E-state index is 0.0824. The van der Waals surface area contributed by atoms with Gasteiger partial charge in [-0.05, 0) is 46.4 Å². The molecular weight excluding hydrogens is 448 g/mol. The lowest BCUT2D eigenvalue weighted by molar-refractivity contribution is -0.137. The van der Waals surface area contributed by atoms with E-state index in [2.05, 4.69) is 10.6 Å². The normalized spacial score (nSPS) is 12.8. The summed E-state index contributed by atoms with van der Waals surface area (Å²) in [4.78, 5) is 36.4. The van der Waals surface area contributed by atoms with Crippen LogP contribution >= 0.6 is 0 Å². The summed E-state index contributed by atoms with van der Waals surface area (Å²) >= 11 is 0. The van der Waals surface area contributed by atoms with E-state index in [1.807, 2.05) is 48.5 Å². The van der Waals surface area contributed by atoms with Gasteiger partial charge in [0.1, 0.15) is 18.4 Å². The van der Waals surface area contributed by atoms with E-state index >= 15 is 0 Å². The van der Waals surface area contributed by atoms with Crippen LogP contribution in [0.1, 0.15) is 35.4 Å². The molecule has 0 heterocycles. The van der Waals surface area contributed by atoms with E-state index in [1.54, 1.807) is 12.1 Å². The Hall–Kier alpha value is -4.33. The van der Waals surface area contributed by atoms with Crippen LogP contribution in [0.2, 0.25) is 0 Å². The summed E-state index contributed by atoms with van der Waals surface area (Å²) in [5.74, 6) is -1.62. The molecule has 3 aromatic rings. The molecule has 2 amide bonds. The number of benzene rings is 3. The topological polar surface area (TPSA) is 125 Å². The Bertz CT molecular complexity index is 1180. The van der Waals surface area contributed by atoms with Crippen molar-refractivity contribution in [3.05, 3.63) is 89.5 Å². The maximum Gasteiger partial charge on any atom is 0.407 e. The van der Waals surface area contributed by atoms with Gasteiger partial charge in [0.2, 0.25) is 5.91 Å². The van der Waals surface area contributed by atoms with Gasteiger partial charge in [0.25, 0.3) is 0 Å². The number of rotatable bonds is 9. The van der Waals surface area contributed by atoms with E-state index in [0.717, 1.165) is 27.8 Å². The van der Waals surface area contributed by atoms with Crippen molar-refractivity contribution in [3.8, 4) is 16.9 Å². The highest BCUT2D eigenvalue weighted by Crippen LogP contribution is 2.44. The minimum atomic E-state index is -1.07. The van der Waals surface area contributed by atoms with Gasteiger partial charge in [-0.3, -0.25) is 9.59 Å². The third-order valence-corrected chi connectivity index (χ3v) is 6.00. The van der Waals surface area contributed by atoms with Gasteiger partial charge in [-0.2, -0.15) is 0 Å². The Kier molecular flexibility index (Phi) is 7.30. The fraction of sp³-hybridized carbons (Fsp3) is 0.222. The molecule has 0 radical (unpaired) electrons. The quantitative estimate of drug-likeness (QED) is 0.374. The number of hydrogen-bond acceptors (Lipinski definition) is 5. The molecule has 3 aromatic carbocycles. The second-order valence-electron chi connectivity index (χ2n) is 8.34. The molecule has 0 saturated heterocycles. The van der Waals surface area contributed by atoms with Gasteiger partial charge in [0, 0.05) is 18.9 Å². The number of hydrogen-bond donors (Lipinski definition) is 4. The van der Waals surface area contributed by atoms with Gasteiger partial charge in [0.05, 0.1) is 0 Å². The monoisotopic (exact) mass is 474 g/mol. The van der Waals surface area contributed by atoms with Crippen LogP contribution in [0.4, 0.5) is 4.79 Å². The van der Waals surface area contributed by atoms with E-state index in [0.29, 0.717) is 0 Å². The van der Waals surface area contributed by atoms with Crippen LogP contribution in [-0.2, 0) is 20.9 Å². The molecule has 0 saturated carbocycles. The van der Waals surface area contributed by atoms with Crippen molar-refractivity contribution in [2.75, 3.05) is 6.61 Å². The fourth-order valence-corrected chi connectivity index (χ4v) is 4.25. The van der Waals surface area contributed by atoms with Crippen LogP contribution in [0.3, 0.4) is 0 Å². The zero-order chi connectivity index (χ0) is 24.8. The summed E-state index contributed by atoms with van der Waals surface area (Å²) in [5, 5.41) is 23.6. The number of ether oxygens (including phenoxy) is 1. The lowest BCUT2D eigenvalue weighted by Crippen LogP contribution is -2.47. The van der Waals surface area contributed by atoms with E-state index in [-0.39, 0.29) is 37.7 Å². The number of carboxylic acids is 1. The number of amides is 2. The molecule has 0 aromatic heterocycles. The number of aromatic hydroxyl groups is 1. The highest BCUT2D eigenvalue weighted by Gasteiger charge is 2.30. The summed E-state index contributed by atoms with van der Waals surface area (Å²) in [5.41, 5.74) is 5.08. The van der Waals surface area contributed by atoms with E-state index in [4.69, 9.17) is 9.84 Å². The standard InChI is InChI=1S/C27H26N2O6/c30-18-11-9-17(10-12-18)15-28-26(33)24(13-14-25(31)32)29-27(34)35-16-23-21-7-3-1-5-19(21)20-6-2-4-8-22(20)23/h1-12,23-24,30H,13-16H2,(H,28,33)(H,29,34)(H,31,32). The number of phenols is 1. The van der Waals surface area contributed by atoms with Crippen molar-refractivity contribution in [2.45, 2.75) is 31.3 Å². The van der Waals surface area contributed by atoms with Crippen LogP contribution in [0, 0.1) is 0 Å². The zero-order valence-electron chi connectivity index (χ0n) is 18.9. The Morgan fingerprint density at radius 2 is 1.49 bits per heavy atom. The van der Waals surface area contributed by atoms with Crippen molar-refractivity contribution in [2.24, 2.45) is 0 Å². The average Bonchev–Trinajstić information content (AvgIpc) is 3.18. The second kappa shape index (κ2) is 10.7. The number of nitrogens with one attached hydrogen (secondary N) is 2. The molecule has 1 atom stereocenters. The number of carboxylic acid groups (broad SMARTS) is 1. The zero-order valence-corrected chi connectivity index (χ0v) is 18.9. The number of aliphatic carboxylic acids is 1. The molecule has 1 aliphatic rings. The smallest absolute Gasteiger partial charge is 0.407 e. The molecule has 8 heteroatoms. The maximum atomic E-state index is 12.7. The van der Waals surface area contributed by atoms with Crippen LogP contribution in [0.25, 0.3) is 11.1 Å². The number of alkyl carbamates (subject to hydrolysis) is 1. The second-order valence-corrected chi connectivity index (χ2v) is 8.34. The molecule has 0 spiro atoms. The first-order valence-corrected chi connectivity index (χ1v) is 11.3. The SMILES string of the molecule is O=C(O)CCC(NC(=O)OCC1c2ccccc2-c2ccccc21)C(=O)NCc1ccc(O)cc1. The molecule has 4 rings (SSSR count). The molecule has 1 aliphatic carbocycles. The van der Waals surface area contributed by atoms with Crippen LogP contribution in [0.15, 0.2) is 72.8 Å². The molecule has 35 heavy (non-hydrogen) atoms. The van der Waals surface area contributed by atoms with Gasteiger partial charge >= 0.3 is 12.1 Å². The first-order chi connectivity index (χ1) is 16.9. The predicted molar refractivity (Wildman–Crippen MR) is 129 cm³/mol. The summed E-state index contributed by atoms with van der Waals surface area (Å²) < 4.78 is 5.50. The van der Waals surface area contributed by atoms with Gasteiger partial charge in [0.15, 0.2) is 0 Å². The van der Waals surface area contributed by atoms with Crippen molar-refractivity contribution in [1.29, 1.82) is 0 Å². The highest BCUT2D eigenvalue weighted by molar-refractivity contribution is 5.86. The van der Waals surface area contributed by atoms with Crippen molar-refractivity contribution < 1.29 is 29.3 Å². The number of phenolic OH excluding ortho intramolecular Hbond substituents is 1. The average molecular weight is 475 g/mol. The number of carbonyl (C=O) groups is 3. The lowest BCUT2D eigenvalue weighted by Gasteiger charge is -2.19. The Labute approximate surface area is 202 Å². The third-order valence-electron chi connectivity index (χ3n) is 6.00. The molecule has 8 nitrogen and oxygen atoms in total. The van der Waals surface area contributed by atoms with E-state index in [9.17, 15) is 19.5 Å². The molecule has 4 N–H and O–H groups in total. The maximum absolute atomic E-state index is 12.7. The van der Waals surface area contributed by atoms with Gasteiger partial charge in [-0.15, -0.1) is 0 Å². The minimum Gasteiger partial charge on any atom is -0.508 e. The van der Waals surface area contributed by atoms with Crippen LogP contribution < -0.4 is 10.6 Å². The summed E-state index contributed by atoms with van der Waals surface area (Å²) in [7, 11) is 0. The highest BCUT2D eigenvalue weighted by atomic mass is 16.5. The summed E-state index contributed by atoms with van der Waals surface area (Å²) in [6, 6.07) is 21.1. The molecule has 0 fully saturated rings. The lowest BCUT2D eigenvalue weighted by atomic mass is 9.98. The van der Waals surface area contributed by atoms with Crippen LogP contribution in [0.5, 0.6) is 5.75 Å². The summed E-state index contributed by atoms with van der Waals surface area (Å²) in [6.45, 7) is 0.246. The van der Waals surface area contributed by atoms with Crippen molar-refractivity contribution in [1.82, 2.24) is 10.6 Å². The van der Waals surface area contributed by atoms with Gasteiger partial charge in [-0.1, -0.05) is 60.7 Å². The van der Waals surface area contributed by atoms with Gasteiger partial charge < -0.3 is 25.6 Å². The van der Waals surface area contributed by atoms with Crippen molar-refractivity contribution >= 4 is 18.0 Å². The number of carbonyl (C=O) groups excluding carboxylic acids is 2. The Balaban J connectivity index is 1.38. The largest absolute Gasteiger partial charge is 0.508 e. The van der Waals surface area contributed by atoms with E-state index < -0.39 is 24.0 Å². The molecular formula is C27H26N2O6. The van der Waals surface area contributed by atoms with Gasteiger partial charge in [-0.25, -0.2) is 4.79 Å². The predicted octanol–water partition coefficient (Wildman–Crippen LogP) is 3.78. The van der Waals surface area contributed by atoms with Crippen molar-refractivity contribution in [3.63, 3.8) is 0 Å². The molecule has 1 unspecified atom stereocenters. The molecule has 0 bridgehead atoms. The Morgan fingerprint density at radius 1 is 0.886 bits per heavy atom. The first kappa shape index (κ1) is 23.8. The Morgan fingerprint density at radius 3 is 2.09 bits per heavy atom. The first-order valence-electron chi connectivity index (χ1n) is 11.3. The third kappa shape index (κ3) is 5.78. The van der Waals surface area contributed by atoms with E-state index in [1.165, 1.54) is 12.1 Å². The number of fused-ring (bicyclic) bond motifs is 3.